The first kappa shape index (κ1) is 18.6. The van der Waals surface area contributed by atoms with E-state index in [4.69, 9.17) is 0 Å². The van der Waals surface area contributed by atoms with Crippen molar-refractivity contribution in [2.45, 2.75) is 12.8 Å². The molecule has 1 aromatic carbocycles. The van der Waals surface area contributed by atoms with E-state index in [2.05, 4.69) is 41.3 Å². The van der Waals surface area contributed by atoms with E-state index < -0.39 is 0 Å². The zero-order valence-corrected chi connectivity index (χ0v) is 16.8. The smallest absolute Gasteiger partial charge is 0.229 e. The van der Waals surface area contributed by atoms with Gasteiger partial charge in [-0.15, -0.1) is 10.2 Å². The molecule has 1 aliphatic heterocycles. The Balaban J connectivity index is 1.42. The molecule has 0 aliphatic carbocycles. The van der Waals surface area contributed by atoms with Crippen LogP contribution in [0, 0.1) is 5.92 Å². The Morgan fingerprint density at radius 3 is 2.54 bits per heavy atom. The SMILES string of the molecule is O=C(Nc1ccc(Br)cc1)C1CCCN(c2ccc(-c3ccncc3)nn2)C1. The maximum atomic E-state index is 12.7. The van der Waals surface area contributed by atoms with E-state index in [-0.39, 0.29) is 11.8 Å². The molecule has 28 heavy (non-hydrogen) atoms. The normalized spacial score (nSPS) is 16.6. The largest absolute Gasteiger partial charge is 0.354 e. The molecule has 1 aliphatic rings. The van der Waals surface area contributed by atoms with E-state index in [1.54, 1.807) is 12.4 Å². The van der Waals surface area contributed by atoms with E-state index in [1.165, 1.54) is 0 Å². The lowest BCUT2D eigenvalue weighted by atomic mass is 9.97. The summed E-state index contributed by atoms with van der Waals surface area (Å²) in [4.78, 5) is 18.8. The van der Waals surface area contributed by atoms with Gasteiger partial charge >= 0.3 is 0 Å². The maximum Gasteiger partial charge on any atom is 0.229 e. The van der Waals surface area contributed by atoms with Crippen LogP contribution >= 0.6 is 15.9 Å². The molecule has 142 valence electrons. The van der Waals surface area contributed by atoms with E-state index in [0.29, 0.717) is 6.54 Å². The first-order valence-electron chi connectivity index (χ1n) is 9.24. The fourth-order valence-electron chi connectivity index (χ4n) is 3.35. The van der Waals surface area contributed by atoms with E-state index in [0.717, 1.165) is 46.6 Å². The first-order valence-corrected chi connectivity index (χ1v) is 10.0. The van der Waals surface area contributed by atoms with Crippen molar-refractivity contribution in [2.24, 2.45) is 5.92 Å². The number of nitrogens with zero attached hydrogens (tertiary/aromatic N) is 4. The van der Waals surface area contributed by atoms with Crippen LogP contribution in [0.2, 0.25) is 0 Å². The van der Waals surface area contributed by atoms with Gasteiger partial charge in [0.1, 0.15) is 0 Å². The minimum atomic E-state index is -0.0703. The highest BCUT2D eigenvalue weighted by atomic mass is 79.9. The average Bonchev–Trinajstić information content (AvgIpc) is 2.76. The van der Waals surface area contributed by atoms with Crippen molar-refractivity contribution < 1.29 is 4.79 Å². The molecule has 1 fully saturated rings. The molecule has 1 N–H and O–H groups in total. The van der Waals surface area contributed by atoms with Crippen LogP contribution in [0.5, 0.6) is 0 Å². The average molecular weight is 438 g/mol. The van der Waals surface area contributed by atoms with Crippen LogP contribution < -0.4 is 10.2 Å². The molecular formula is C21H20BrN5O. The molecule has 0 bridgehead atoms. The van der Waals surface area contributed by atoms with Crippen LogP contribution in [-0.2, 0) is 4.79 Å². The Morgan fingerprint density at radius 2 is 1.82 bits per heavy atom. The highest BCUT2D eigenvalue weighted by Crippen LogP contribution is 2.24. The predicted octanol–water partition coefficient (Wildman–Crippen LogP) is 4.16. The minimum absolute atomic E-state index is 0.0494. The number of rotatable bonds is 4. The Morgan fingerprint density at radius 1 is 1.04 bits per heavy atom. The number of nitrogens with one attached hydrogen (secondary N) is 1. The van der Waals surface area contributed by atoms with Crippen molar-refractivity contribution in [2.75, 3.05) is 23.3 Å². The highest BCUT2D eigenvalue weighted by molar-refractivity contribution is 9.10. The number of aromatic nitrogens is 3. The van der Waals surface area contributed by atoms with Gasteiger partial charge < -0.3 is 10.2 Å². The maximum absolute atomic E-state index is 12.7. The molecule has 1 saturated heterocycles. The fourth-order valence-corrected chi connectivity index (χ4v) is 3.61. The summed E-state index contributed by atoms with van der Waals surface area (Å²) in [6, 6.07) is 15.4. The number of halogens is 1. The lowest BCUT2D eigenvalue weighted by molar-refractivity contribution is -0.120. The molecule has 0 radical (unpaired) electrons. The zero-order valence-electron chi connectivity index (χ0n) is 15.3. The predicted molar refractivity (Wildman–Crippen MR) is 113 cm³/mol. The van der Waals surface area contributed by atoms with Gasteiger partial charge in [0, 0.05) is 41.2 Å². The molecule has 1 atom stereocenters. The summed E-state index contributed by atoms with van der Waals surface area (Å²) in [5.74, 6) is 0.784. The second kappa shape index (κ2) is 8.48. The third-order valence-electron chi connectivity index (χ3n) is 4.85. The highest BCUT2D eigenvalue weighted by Gasteiger charge is 2.26. The summed E-state index contributed by atoms with van der Waals surface area (Å²) in [6.07, 6.45) is 5.31. The van der Waals surface area contributed by atoms with E-state index >= 15 is 0 Å². The summed E-state index contributed by atoms with van der Waals surface area (Å²) < 4.78 is 0.989. The Bertz CT molecular complexity index is 931. The molecule has 7 heteroatoms. The van der Waals surface area contributed by atoms with Gasteiger partial charge in [0.05, 0.1) is 11.6 Å². The van der Waals surface area contributed by atoms with Crippen molar-refractivity contribution in [3.8, 4) is 11.3 Å². The molecule has 1 unspecified atom stereocenters. The molecule has 4 rings (SSSR count). The standard InChI is InChI=1S/C21H20BrN5O/c22-17-3-5-18(6-4-17)24-21(28)16-2-1-13-27(14-16)20-8-7-19(25-26-20)15-9-11-23-12-10-15/h3-12,16H,1-2,13-14H2,(H,24,28). The third-order valence-corrected chi connectivity index (χ3v) is 5.38. The number of hydrogen-bond acceptors (Lipinski definition) is 5. The molecule has 0 spiro atoms. The van der Waals surface area contributed by atoms with Gasteiger partial charge in [0.15, 0.2) is 5.82 Å². The summed E-state index contributed by atoms with van der Waals surface area (Å²) >= 11 is 3.41. The van der Waals surface area contributed by atoms with Gasteiger partial charge in [0.25, 0.3) is 0 Å². The van der Waals surface area contributed by atoms with Crippen LogP contribution in [0.25, 0.3) is 11.3 Å². The van der Waals surface area contributed by atoms with Crippen molar-refractivity contribution in [1.29, 1.82) is 0 Å². The van der Waals surface area contributed by atoms with Gasteiger partial charge in [-0.1, -0.05) is 15.9 Å². The Hall–Kier alpha value is -2.80. The monoisotopic (exact) mass is 437 g/mol. The van der Waals surface area contributed by atoms with Crippen LogP contribution in [-0.4, -0.2) is 34.2 Å². The summed E-state index contributed by atoms with van der Waals surface area (Å²) in [7, 11) is 0. The summed E-state index contributed by atoms with van der Waals surface area (Å²) in [6.45, 7) is 1.52. The number of hydrogen-bond donors (Lipinski definition) is 1. The lowest BCUT2D eigenvalue weighted by Gasteiger charge is -2.32. The number of carbonyl (C=O) groups excluding carboxylic acids is 1. The Labute approximate surface area is 172 Å². The van der Waals surface area contributed by atoms with Crippen LogP contribution in [0.3, 0.4) is 0 Å². The van der Waals surface area contributed by atoms with Gasteiger partial charge in [-0.2, -0.15) is 0 Å². The number of benzene rings is 1. The van der Waals surface area contributed by atoms with Gasteiger partial charge in [-0.3, -0.25) is 9.78 Å². The molecule has 1 amide bonds. The number of amides is 1. The van der Waals surface area contributed by atoms with Gasteiger partial charge in [-0.25, -0.2) is 0 Å². The number of anilines is 2. The first-order chi connectivity index (χ1) is 13.7. The van der Waals surface area contributed by atoms with E-state index in [9.17, 15) is 4.79 Å². The molecule has 6 nitrogen and oxygen atoms in total. The minimum Gasteiger partial charge on any atom is -0.354 e. The topological polar surface area (TPSA) is 71.0 Å². The number of carbonyl (C=O) groups is 1. The fraction of sp³-hybridized carbons (Fsp3) is 0.238. The van der Waals surface area contributed by atoms with Gasteiger partial charge in [0.2, 0.25) is 5.91 Å². The van der Waals surface area contributed by atoms with Crippen LogP contribution in [0.15, 0.2) is 65.4 Å². The second-order valence-corrected chi connectivity index (χ2v) is 7.71. The van der Waals surface area contributed by atoms with E-state index in [1.807, 2.05) is 48.5 Å². The van der Waals surface area contributed by atoms with Crippen LogP contribution in [0.4, 0.5) is 11.5 Å². The van der Waals surface area contributed by atoms with Crippen molar-refractivity contribution in [3.05, 3.63) is 65.4 Å². The third kappa shape index (κ3) is 4.36. The summed E-state index contributed by atoms with van der Waals surface area (Å²) in [5, 5.41) is 11.7. The molecule has 3 aromatic rings. The van der Waals surface area contributed by atoms with Crippen molar-refractivity contribution in [3.63, 3.8) is 0 Å². The van der Waals surface area contributed by atoms with Crippen molar-refractivity contribution in [1.82, 2.24) is 15.2 Å². The Kier molecular flexibility index (Phi) is 5.62. The second-order valence-electron chi connectivity index (χ2n) is 6.79. The number of pyridine rings is 1. The quantitative estimate of drug-likeness (QED) is 0.663. The molecule has 3 heterocycles. The number of piperidine rings is 1. The van der Waals surface area contributed by atoms with Crippen LogP contribution in [0.1, 0.15) is 12.8 Å². The zero-order chi connectivity index (χ0) is 19.3. The van der Waals surface area contributed by atoms with Gasteiger partial charge in [-0.05, 0) is 61.4 Å². The summed E-state index contributed by atoms with van der Waals surface area (Å²) in [5.41, 5.74) is 2.61. The molecule has 0 saturated carbocycles. The van der Waals surface area contributed by atoms with Crippen molar-refractivity contribution >= 4 is 33.3 Å². The molecular weight excluding hydrogens is 418 g/mol. The lowest BCUT2D eigenvalue weighted by Crippen LogP contribution is -2.41. The molecule has 2 aromatic heterocycles.